The molecule has 0 radical (unpaired) electrons. The van der Waals surface area contributed by atoms with Crippen molar-refractivity contribution in [2.24, 2.45) is 17.4 Å². The predicted molar refractivity (Wildman–Crippen MR) is 91.1 cm³/mol. The van der Waals surface area contributed by atoms with Gasteiger partial charge >= 0.3 is 0 Å². The number of nitrogens with two attached hydrogens (primary N) is 2. The number of amides is 3. The van der Waals surface area contributed by atoms with E-state index in [1.54, 1.807) is 24.3 Å². The van der Waals surface area contributed by atoms with Crippen molar-refractivity contribution in [1.82, 2.24) is 5.32 Å². The van der Waals surface area contributed by atoms with Crippen LogP contribution >= 0.6 is 0 Å². The zero-order chi connectivity index (χ0) is 17.5. The van der Waals surface area contributed by atoms with Gasteiger partial charge in [0, 0.05) is 24.9 Å². The van der Waals surface area contributed by atoms with E-state index in [1.807, 2.05) is 0 Å². The van der Waals surface area contributed by atoms with E-state index in [-0.39, 0.29) is 36.7 Å². The van der Waals surface area contributed by atoms with E-state index in [4.69, 9.17) is 11.5 Å². The average Bonchev–Trinajstić information content (AvgIpc) is 2.55. The van der Waals surface area contributed by atoms with Crippen molar-refractivity contribution < 1.29 is 14.4 Å². The molecule has 2 rings (SSSR count). The highest BCUT2D eigenvalue weighted by molar-refractivity contribution is 6.04. The van der Waals surface area contributed by atoms with Gasteiger partial charge in [-0.15, -0.1) is 0 Å². The fraction of sp³-hybridized carbons (Fsp3) is 0.471. The molecule has 0 spiro atoms. The Labute approximate surface area is 141 Å². The first-order valence-corrected chi connectivity index (χ1v) is 8.19. The minimum Gasteiger partial charge on any atom is -0.370 e. The molecule has 1 aliphatic carbocycles. The molecule has 1 aromatic carbocycles. The summed E-state index contributed by atoms with van der Waals surface area (Å²) in [5, 5.41) is 5.45. The van der Waals surface area contributed by atoms with Crippen LogP contribution in [0, 0.1) is 5.92 Å². The van der Waals surface area contributed by atoms with Gasteiger partial charge in [-0.3, -0.25) is 14.4 Å². The molecule has 0 aliphatic heterocycles. The van der Waals surface area contributed by atoms with Crippen molar-refractivity contribution in [2.45, 2.75) is 38.1 Å². The zero-order valence-corrected chi connectivity index (χ0v) is 13.6. The number of nitrogens with one attached hydrogen (secondary N) is 2. The summed E-state index contributed by atoms with van der Waals surface area (Å²) in [5.74, 6) is -1.07. The van der Waals surface area contributed by atoms with Gasteiger partial charge in [-0.05, 0) is 31.4 Å². The quantitative estimate of drug-likeness (QED) is 0.613. The topological polar surface area (TPSA) is 127 Å². The first-order chi connectivity index (χ1) is 11.5. The molecule has 2 unspecified atom stereocenters. The van der Waals surface area contributed by atoms with Crippen LogP contribution in [0.1, 0.15) is 42.5 Å². The summed E-state index contributed by atoms with van der Waals surface area (Å²) in [6.07, 6.45) is 3.43. The average molecular weight is 332 g/mol. The molecule has 1 saturated carbocycles. The summed E-state index contributed by atoms with van der Waals surface area (Å²) in [6.45, 7) is 0.161. The van der Waals surface area contributed by atoms with Gasteiger partial charge in [-0.25, -0.2) is 0 Å². The molecule has 0 saturated heterocycles. The monoisotopic (exact) mass is 332 g/mol. The highest BCUT2D eigenvalue weighted by atomic mass is 16.2. The van der Waals surface area contributed by atoms with E-state index < -0.39 is 5.91 Å². The second-order valence-electron chi connectivity index (χ2n) is 6.13. The second-order valence-corrected chi connectivity index (χ2v) is 6.13. The Balaban J connectivity index is 2.01. The molecular weight excluding hydrogens is 308 g/mol. The molecule has 7 nitrogen and oxygen atoms in total. The number of primary amides is 1. The highest BCUT2D eigenvalue weighted by Crippen LogP contribution is 2.25. The van der Waals surface area contributed by atoms with Gasteiger partial charge in [0.25, 0.3) is 5.91 Å². The largest absolute Gasteiger partial charge is 0.370 e. The van der Waals surface area contributed by atoms with Crippen LogP contribution in [0.25, 0.3) is 0 Å². The van der Waals surface area contributed by atoms with E-state index in [1.165, 1.54) is 0 Å². The Morgan fingerprint density at radius 1 is 1.17 bits per heavy atom. The first kappa shape index (κ1) is 17.9. The molecule has 3 amide bonds. The number of carbonyl (C=O) groups is 3. The molecule has 6 N–H and O–H groups in total. The van der Waals surface area contributed by atoms with E-state index in [0.29, 0.717) is 17.7 Å². The summed E-state index contributed by atoms with van der Waals surface area (Å²) < 4.78 is 0. The minimum atomic E-state index is -0.481. The molecule has 0 bridgehead atoms. The summed E-state index contributed by atoms with van der Waals surface area (Å²) in [5.41, 5.74) is 11.8. The van der Waals surface area contributed by atoms with Crippen LogP contribution in [0.4, 0.5) is 5.69 Å². The van der Waals surface area contributed by atoms with Crippen molar-refractivity contribution in [2.75, 3.05) is 11.9 Å². The maximum Gasteiger partial charge on any atom is 0.253 e. The maximum absolute atomic E-state index is 12.4. The van der Waals surface area contributed by atoms with Crippen molar-refractivity contribution in [1.29, 1.82) is 0 Å². The lowest BCUT2D eigenvalue weighted by Crippen LogP contribution is -2.35. The Bertz CT molecular complexity index is 618. The van der Waals surface area contributed by atoms with Crippen LogP contribution in [0.15, 0.2) is 24.3 Å². The van der Waals surface area contributed by atoms with Crippen molar-refractivity contribution >= 4 is 23.4 Å². The number of carbonyl (C=O) groups excluding carboxylic acids is 3. The zero-order valence-electron chi connectivity index (χ0n) is 13.6. The van der Waals surface area contributed by atoms with Gasteiger partial charge < -0.3 is 22.1 Å². The van der Waals surface area contributed by atoms with Crippen LogP contribution in [0.5, 0.6) is 0 Å². The van der Waals surface area contributed by atoms with Crippen LogP contribution in [0.2, 0.25) is 0 Å². The van der Waals surface area contributed by atoms with Crippen LogP contribution in [-0.4, -0.2) is 30.3 Å². The van der Waals surface area contributed by atoms with E-state index in [9.17, 15) is 14.4 Å². The first-order valence-electron chi connectivity index (χ1n) is 8.19. The number of benzene rings is 1. The number of anilines is 1. The number of hydrogen-bond acceptors (Lipinski definition) is 4. The Morgan fingerprint density at radius 2 is 1.92 bits per heavy atom. The molecule has 1 aliphatic rings. The third-order valence-corrected chi connectivity index (χ3v) is 4.17. The molecule has 1 fully saturated rings. The number of hydrogen-bond donors (Lipinski definition) is 4. The lowest BCUT2D eigenvalue weighted by atomic mass is 9.85. The van der Waals surface area contributed by atoms with Crippen molar-refractivity contribution in [3.8, 4) is 0 Å². The molecule has 0 heterocycles. The standard InChI is InChI=1S/C17H24N4O3/c18-12-5-3-4-11(10-12)16(23)21-14-7-2-1-6-13(14)17(24)20-9-8-15(19)22/h1-2,6-7,11-12H,3-5,8-10,18H2,(H2,19,22)(H,20,24)(H,21,23). The van der Waals surface area contributed by atoms with E-state index >= 15 is 0 Å². The SMILES string of the molecule is NC(=O)CCNC(=O)c1ccccc1NC(=O)C1CCCC(N)C1. The summed E-state index contributed by atoms with van der Waals surface area (Å²) in [4.78, 5) is 35.4. The minimum absolute atomic E-state index is 0.0573. The summed E-state index contributed by atoms with van der Waals surface area (Å²) in [7, 11) is 0. The normalized spacial score (nSPS) is 20.2. The highest BCUT2D eigenvalue weighted by Gasteiger charge is 2.26. The second kappa shape index (κ2) is 8.44. The van der Waals surface area contributed by atoms with Gasteiger partial charge in [-0.1, -0.05) is 18.6 Å². The smallest absolute Gasteiger partial charge is 0.253 e. The molecular formula is C17H24N4O3. The van der Waals surface area contributed by atoms with Crippen LogP contribution in [0.3, 0.4) is 0 Å². The lowest BCUT2D eigenvalue weighted by molar-refractivity contribution is -0.121. The Hall–Kier alpha value is -2.41. The molecule has 2 atom stereocenters. The number of para-hydroxylation sites is 1. The molecule has 1 aromatic rings. The van der Waals surface area contributed by atoms with E-state index in [0.717, 1.165) is 19.3 Å². The van der Waals surface area contributed by atoms with Gasteiger partial charge in [-0.2, -0.15) is 0 Å². The Morgan fingerprint density at radius 3 is 2.62 bits per heavy atom. The van der Waals surface area contributed by atoms with Crippen LogP contribution < -0.4 is 22.1 Å². The van der Waals surface area contributed by atoms with Gasteiger partial charge in [0.15, 0.2) is 0 Å². The van der Waals surface area contributed by atoms with E-state index in [2.05, 4.69) is 10.6 Å². The van der Waals surface area contributed by atoms with Crippen LogP contribution in [-0.2, 0) is 9.59 Å². The Kier molecular flexibility index (Phi) is 6.31. The fourth-order valence-corrected chi connectivity index (χ4v) is 2.89. The maximum atomic E-state index is 12.4. The third kappa shape index (κ3) is 5.06. The summed E-state index contributed by atoms with van der Waals surface area (Å²) in [6, 6.07) is 6.84. The van der Waals surface area contributed by atoms with Crippen molar-refractivity contribution in [3.05, 3.63) is 29.8 Å². The van der Waals surface area contributed by atoms with Gasteiger partial charge in [0.1, 0.15) is 0 Å². The fourth-order valence-electron chi connectivity index (χ4n) is 2.89. The van der Waals surface area contributed by atoms with Crippen molar-refractivity contribution in [3.63, 3.8) is 0 Å². The predicted octanol–water partition coefficient (Wildman–Crippen LogP) is 0.748. The molecule has 130 valence electrons. The summed E-state index contributed by atoms with van der Waals surface area (Å²) >= 11 is 0. The molecule has 7 heteroatoms. The third-order valence-electron chi connectivity index (χ3n) is 4.17. The number of rotatable bonds is 6. The van der Waals surface area contributed by atoms with Gasteiger partial charge in [0.05, 0.1) is 11.3 Å². The molecule has 24 heavy (non-hydrogen) atoms. The lowest BCUT2D eigenvalue weighted by Gasteiger charge is -2.26. The molecule has 0 aromatic heterocycles. The van der Waals surface area contributed by atoms with Gasteiger partial charge in [0.2, 0.25) is 11.8 Å².